The number of cyclic esters (lactones) is 1. The van der Waals surface area contributed by atoms with Crippen LogP contribution in [0, 0.1) is 0 Å². The Bertz CT molecular complexity index is 952. The Morgan fingerprint density at radius 1 is 1.07 bits per heavy atom. The van der Waals surface area contributed by atoms with Crippen LogP contribution in [0.4, 0.5) is 0 Å². The van der Waals surface area contributed by atoms with Crippen molar-refractivity contribution in [3.63, 3.8) is 0 Å². The van der Waals surface area contributed by atoms with Crippen LogP contribution in [-0.2, 0) is 9.53 Å². The van der Waals surface area contributed by atoms with Crippen molar-refractivity contribution in [1.29, 1.82) is 0 Å². The maximum atomic E-state index is 12.3. The van der Waals surface area contributed by atoms with Gasteiger partial charge in [-0.15, -0.1) is 0 Å². The molecule has 0 atom stereocenters. The van der Waals surface area contributed by atoms with Gasteiger partial charge in [0, 0.05) is 16.7 Å². The van der Waals surface area contributed by atoms with Crippen molar-refractivity contribution < 1.29 is 23.7 Å². The summed E-state index contributed by atoms with van der Waals surface area (Å²) in [5, 5.41) is 0.483. The van der Waals surface area contributed by atoms with Crippen LogP contribution < -0.4 is 14.2 Å². The lowest BCUT2D eigenvalue weighted by molar-refractivity contribution is -0.129. The second kappa shape index (κ2) is 8.80. The van der Waals surface area contributed by atoms with Gasteiger partial charge in [0.15, 0.2) is 5.70 Å². The van der Waals surface area contributed by atoms with Gasteiger partial charge >= 0.3 is 5.97 Å². The zero-order chi connectivity index (χ0) is 20.1. The molecule has 0 radical (unpaired) electrons. The minimum absolute atomic E-state index is 0.138. The third kappa shape index (κ3) is 4.28. The first-order chi connectivity index (χ1) is 13.5. The average Bonchev–Trinajstić information content (AvgIpc) is 3.04. The monoisotopic (exact) mass is 401 g/mol. The van der Waals surface area contributed by atoms with Crippen LogP contribution in [0.1, 0.15) is 25.0 Å². The van der Waals surface area contributed by atoms with Crippen LogP contribution in [0.25, 0.3) is 6.08 Å². The summed E-state index contributed by atoms with van der Waals surface area (Å²) in [6.45, 7) is 4.82. The Morgan fingerprint density at radius 2 is 1.86 bits per heavy atom. The summed E-state index contributed by atoms with van der Waals surface area (Å²) in [4.78, 5) is 16.7. The first-order valence-electron chi connectivity index (χ1n) is 8.81. The second-order valence-corrected chi connectivity index (χ2v) is 6.18. The highest BCUT2D eigenvalue weighted by Crippen LogP contribution is 2.31. The number of halogens is 1. The van der Waals surface area contributed by atoms with E-state index in [2.05, 4.69) is 4.99 Å². The Kier molecular flexibility index (Phi) is 6.21. The van der Waals surface area contributed by atoms with Crippen molar-refractivity contribution in [1.82, 2.24) is 0 Å². The zero-order valence-corrected chi connectivity index (χ0v) is 16.6. The topological polar surface area (TPSA) is 66.3 Å². The standard InChI is InChI=1S/C21H20ClNO5/c1-4-26-15-8-6-13(19(12-15)27-5-2)10-17-21(24)28-20(23-17)16-11-14(22)7-9-18(16)25-3/h6-12H,4-5H2,1-3H3/b17-10+. The molecular weight excluding hydrogens is 382 g/mol. The number of methoxy groups -OCH3 is 1. The van der Waals surface area contributed by atoms with Crippen LogP contribution in [-0.4, -0.2) is 32.2 Å². The number of aliphatic imine (C=N–C) groups is 1. The minimum Gasteiger partial charge on any atom is -0.496 e. The maximum absolute atomic E-state index is 12.3. The number of carbonyl (C=O) groups excluding carboxylic acids is 1. The number of esters is 1. The highest BCUT2D eigenvalue weighted by molar-refractivity contribution is 6.31. The van der Waals surface area contributed by atoms with Crippen molar-refractivity contribution in [3.05, 3.63) is 58.2 Å². The molecule has 0 amide bonds. The molecule has 2 aromatic carbocycles. The molecular formula is C21H20ClNO5. The van der Waals surface area contributed by atoms with E-state index < -0.39 is 5.97 Å². The first-order valence-corrected chi connectivity index (χ1v) is 9.19. The summed E-state index contributed by atoms with van der Waals surface area (Å²) >= 11 is 6.06. The molecule has 2 aromatic rings. The van der Waals surface area contributed by atoms with Crippen molar-refractivity contribution >= 4 is 29.5 Å². The Morgan fingerprint density at radius 3 is 2.57 bits per heavy atom. The van der Waals surface area contributed by atoms with Gasteiger partial charge in [0.2, 0.25) is 5.90 Å². The fourth-order valence-corrected chi connectivity index (χ4v) is 2.86. The molecule has 1 heterocycles. The normalized spacial score (nSPS) is 14.6. The highest BCUT2D eigenvalue weighted by Gasteiger charge is 2.27. The van der Waals surface area contributed by atoms with Gasteiger partial charge in [0.1, 0.15) is 17.2 Å². The zero-order valence-electron chi connectivity index (χ0n) is 15.8. The molecule has 0 unspecified atom stereocenters. The van der Waals surface area contributed by atoms with Crippen molar-refractivity contribution in [2.45, 2.75) is 13.8 Å². The quantitative estimate of drug-likeness (QED) is 0.505. The SMILES string of the molecule is CCOc1ccc(/C=C2/N=C(c3cc(Cl)ccc3OC)OC2=O)c(OCC)c1. The van der Waals surface area contributed by atoms with Gasteiger partial charge in [-0.2, -0.15) is 0 Å². The van der Waals surface area contributed by atoms with Crippen LogP contribution in [0.15, 0.2) is 47.1 Å². The summed E-state index contributed by atoms with van der Waals surface area (Å²) in [5.41, 5.74) is 1.35. The second-order valence-electron chi connectivity index (χ2n) is 5.75. The lowest BCUT2D eigenvalue weighted by Gasteiger charge is -2.10. The smallest absolute Gasteiger partial charge is 0.363 e. The van der Waals surface area contributed by atoms with Gasteiger partial charge in [-0.05, 0) is 50.3 Å². The summed E-state index contributed by atoms with van der Waals surface area (Å²) in [5.74, 6) is 1.37. The minimum atomic E-state index is -0.562. The van der Waals surface area contributed by atoms with E-state index in [9.17, 15) is 4.79 Å². The van der Waals surface area contributed by atoms with Crippen LogP contribution in [0.3, 0.4) is 0 Å². The molecule has 146 valence electrons. The van der Waals surface area contributed by atoms with E-state index in [0.717, 1.165) is 0 Å². The molecule has 0 aliphatic carbocycles. The van der Waals surface area contributed by atoms with Crippen LogP contribution >= 0.6 is 11.6 Å². The number of hydrogen-bond acceptors (Lipinski definition) is 6. The van der Waals surface area contributed by atoms with Gasteiger partial charge in [-0.25, -0.2) is 9.79 Å². The molecule has 0 fully saturated rings. The maximum Gasteiger partial charge on any atom is 0.363 e. The van der Waals surface area contributed by atoms with E-state index in [1.54, 1.807) is 30.3 Å². The number of hydrogen-bond donors (Lipinski definition) is 0. The lowest BCUT2D eigenvalue weighted by Crippen LogP contribution is -2.07. The van der Waals surface area contributed by atoms with Gasteiger partial charge in [-0.3, -0.25) is 0 Å². The van der Waals surface area contributed by atoms with Crippen molar-refractivity contribution in [2.75, 3.05) is 20.3 Å². The van der Waals surface area contributed by atoms with Gasteiger partial charge in [-0.1, -0.05) is 11.6 Å². The molecule has 0 aromatic heterocycles. The molecule has 0 spiro atoms. The van der Waals surface area contributed by atoms with Crippen molar-refractivity contribution in [2.24, 2.45) is 4.99 Å². The molecule has 0 bridgehead atoms. The lowest BCUT2D eigenvalue weighted by atomic mass is 10.1. The number of benzene rings is 2. The van der Waals surface area contributed by atoms with E-state index in [-0.39, 0.29) is 11.6 Å². The molecule has 0 N–H and O–H groups in total. The number of ether oxygens (including phenoxy) is 4. The van der Waals surface area contributed by atoms with Gasteiger partial charge in [0.25, 0.3) is 0 Å². The third-order valence-electron chi connectivity index (χ3n) is 3.90. The predicted molar refractivity (Wildman–Crippen MR) is 107 cm³/mol. The molecule has 1 aliphatic heterocycles. The van der Waals surface area contributed by atoms with E-state index >= 15 is 0 Å². The van der Waals surface area contributed by atoms with E-state index in [1.165, 1.54) is 7.11 Å². The largest absolute Gasteiger partial charge is 0.496 e. The van der Waals surface area contributed by atoms with E-state index in [0.29, 0.717) is 46.6 Å². The fourth-order valence-electron chi connectivity index (χ4n) is 2.69. The Balaban J connectivity index is 1.99. The van der Waals surface area contributed by atoms with Crippen LogP contribution in [0.2, 0.25) is 5.02 Å². The third-order valence-corrected chi connectivity index (χ3v) is 4.14. The Labute approximate surface area is 168 Å². The summed E-state index contributed by atoms with van der Waals surface area (Å²) in [6.07, 6.45) is 1.62. The summed E-state index contributed by atoms with van der Waals surface area (Å²) in [6, 6.07) is 10.4. The first kappa shape index (κ1) is 19.8. The molecule has 0 saturated carbocycles. The van der Waals surface area contributed by atoms with Crippen molar-refractivity contribution in [3.8, 4) is 17.2 Å². The van der Waals surface area contributed by atoms with E-state index in [4.69, 9.17) is 30.5 Å². The number of rotatable bonds is 7. The molecule has 6 nitrogen and oxygen atoms in total. The van der Waals surface area contributed by atoms with Gasteiger partial charge < -0.3 is 18.9 Å². The van der Waals surface area contributed by atoms with Gasteiger partial charge in [0.05, 0.1) is 25.9 Å². The summed E-state index contributed by atoms with van der Waals surface area (Å²) < 4.78 is 21.8. The molecule has 3 rings (SSSR count). The fraction of sp³-hybridized carbons (Fsp3) is 0.238. The summed E-state index contributed by atoms with van der Waals surface area (Å²) in [7, 11) is 1.52. The number of carbonyl (C=O) groups is 1. The molecule has 0 saturated heterocycles. The average molecular weight is 402 g/mol. The Hall–Kier alpha value is -2.99. The molecule has 28 heavy (non-hydrogen) atoms. The molecule has 1 aliphatic rings. The van der Waals surface area contributed by atoms with Crippen LogP contribution in [0.5, 0.6) is 17.2 Å². The number of nitrogens with zero attached hydrogens (tertiary/aromatic N) is 1. The molecule has 7 heteroatoms. The highest BCUT2D eigenvalue weighted by atomic mass is 35.5. The predicted octanol–water partition coefficient (Wildman–Crippen LogP) is 4.49. The van der Waals surface area contributed by atoms with E-state index in [1.807, 2.05) is 26.0 Å².